The zero-order chi connectivity index (χ0) is 13.2. The molecular formula is C14H13NO3S. The van der Waals surface area contributed by atoms with Crippen LogP contribution in [0.15, 0.2) is 42.1 Å². The van der Waals surface area contributed by atoms with E-state index in [1.54, 1.807) is 22.7 Å². The number of amides is 1. The van der Waals surface area contributed by atoms with Gasteiger partial charge in [0, 0.05) is 5.75 Å². The number of hydrogen-bond donors (Lipinski definition) is 0. The summed E-state index contributed by atoms with van der Waals surface area (Å²) in [6, 6.07) is 9.50. The predicted molar refractivity (Wildman–Crippen MR) is 72.0 cm³/mol. The SMILES string of the molecule is O=C(OCc1ccccc1)C1=CCS[C@@H]2CC(=O)N12. The summed E-state index contributed by atoms with van der Waals surface area (Å²) in [6.45, 7) is 0.233. The average molecular weight is 275 g/mol. The van der Waals surface area contributed by atoms with Crippen LogP contribution in [-0.4, -0.2) is 27.9 Å². The van der Waals surface area contributed by atoms with Crippen molar-refractivity contribution in [2.24, 2.45) is 0 Å². The van der Waals surface area contributed by atoms with Gasteiger partial charge in [-0.15, -0.1) is 11.8 Å². The van der Waals surface area contributed by atoms with Gasteiger partial charge in [0.25, 0.3) is 0 Å². The Hall–Kier alpha value is -1.75. The van der Waals surface area contributed by atoms with E-state index in [1.807, 2.05) is 30.3 Å². The van der Waals surface area contributed by atoms with Crippen LogP contribution in [0, 0.1) is 0 Å². The maximum absolute atomic E-state index is 12.0. The minimum Gasteiger partial charge on any atom is -0.456 e. The molecule has 2 heterocycles. The van der Waals surface area contributed by atoms with Gasteiger partial charge in [0.15, 0.2) is 0 Å². The van der Waals surface area contributed by atoms with Crippen LogP contribution >= 0.6 is 11.8 Å². The van der Waals surface area contributed by atoms with Gasteiger partial charge in [-0.05, 0) is 11.6 Å². The van der Waals surface area contributed by atoms with Gasteiger partial charge in [0.05, 0.1) is 11.8 Å². The molecular weight excluding hydrogens is 262 g/mol. The van der Waals surface area contributed by atoms with E-state index in [2.05, 4.69) is 0 Å². The molecule has 1 amide bonds. The van der Waals surface area contributed by atoms with Crippen molar-refractivity contribution in [3.05, 3.63) is 47.7 Å². The number of hydrogen-bond acceptors (Lipinski definition) is 4. The van der Waals surface area contributed by atoms with Gasteiger partial charge in [-0.3, -0.25) is 9.69 Å². The molecule has 0 spiro atoms. The predicted octanol–water partition coefficient (Wildman–Crippen LogP) is 1.92. The van der Waals surface area contributed by atoms with Crippen molar-refractivity contribution < 1.29 is 14.3 Å². The number of thioether (sulfide) groups is 1. The summed E-state index contributed by atoms with van der Waals surface area (Å²) < 4.78 is 5.26. The molecule has 1 atom stereocenters. The Balaban J connectivity index is 1.64. The molecule has 2 aliphatic rings. The molecule has 4 nitrogen and oxygen atoms in total. The number of rotatable bonds is 3. The average Bonchev–Trinajstić information content (AvgIpc) is 2.44. The Morgan fingerprint density at radius 3 is 2.89 bits per heavy atom. The molecule has 1 fully saturated rings. The molecule has 0 aliphatic carbocycles. The van der Waals surface area contributed by atoms with Gasteiger partial charge in [0.1, 0.15) is 12.3 Å². The van der Waals surface area contributed by atoms with Gasteiger partial charge in [0.2, 0.25) is 5.91 Å². The van der Waals surface area contributed by atoms with Crippen LogP contribution in [0.3, 0.4) is 0 Å². The number of carbonyl (C=O) groups excluding carboxylic acids is 2. The molecule has 2 aliphatic heterocycles. The van der Waals surface area contributed by atoms with Crippen LogP contribution in [0.5, 0.6) is 0 Å². The summed E-state index contributed by atoms with van der Waals surface area (Å²) in [5.74, 6) is 0.340. The zero-order valence-corrected chi connectivity index (χ0v) is 11.1. The number of nitrogens with zero attached hydrogens (tertiary/aromatic N) is 1. The van der Waals surface area contributed by atoms with Crippen molar-refractivity contribution in [3.63, 3.8) is 0 Å². The Morgan fingerprint density at radius 1 is 1.37 bits per heavy atom. The normalized spacial score (nSPS) is 21.3. The first-order valence-electron chi connectivity index (χ1n) is 6.10. The van der Waals surface area contributed by atoms with Crippen LogP contribution in [0.25, 0.3) is 0 Å². The molecule has 0 aromatic heterocycles. The maximum atomic E-state index is 12.0. The second-order valence-electron chi connectivity index (χ2n) is 4.41. The largest absolute Gasteiger partial charge is 0.456 e. The van der Waals surface area contributed by atoms with Crippen molar-refractivity contribution in [2.45, 2.75) is 18.4 Å². The monoisotopic (exact) mass is 275 g/mol. The third kappa shape index (κ3) is 2.38. The summed E-state index contributed by atoms with van der Waals surface area (Å²) in [6.07, 6.45) is 2.29. The van der Waals surface area contributed by atoms with E-state index in [0.29, 0.717) is 12.1 Å². The molecule has 1 aromatic rings. The molecule has 0 bridgehead atoms. The topological polar surface area (TPSA) is 46.6 Å². The van der Waals surface area contributed by atoms with Crippen molar-refractivity contribution in [2.75, 3.05) is 5.75 Å². The number of carbonyl (C=O) groups is 2. The van der Waals surface area contributed by atoms with Crippen LogP contribution in [0.1, 0.15) is 12.0 Å². The summed E-state index contributed by atoms with van der Waals surface area (Å²) in [5, 5.41) is 0.122. The Kier molecular flexibility index (Phi) is 3.29. The highest BCUT2D eigenvalue weighted by atomic mass is 32.2. The van der Waals surface area contributed by atoms with Crippen molar-refractivity contribution in [3.8, 4) is 0 Å². The molecule has 0 saturated carbocycles. The minimum atomic E-state index is -0.415. The van der Waals surface area contributed by atoms with E-state index in [1.165, 1.54) is 0 Å². The lowest BCUT2D eigenvalue weighted by Gasteiger charge is -2.42. The fourth-order valence-corrected chi connectivity index (χ4v) is 3.24. The molecule has 1 aromatic carbocycles. The third-order valence-corrected chi connectivity index (χ3v) is 4.27. The standard InChI is InChI=1S/C14H13NO3S/c16-12-8-13-15(12)11(6-7-19-13)14(17)18-9-10-4-2-1-3-5-10/h1-6,13H,7-9H2/t13-/m1/s1. The van der Waals surface area contributed by atoms with Crippen molar-refractivity contribution in [1.29, 1.82) is 0 Å². The van der Waals surface area contributed by atoms with E-state index < -0.39 is 5.97 Å². The van der Waals surface area contributed by atoms with Gasteiger partial charge >= 0.3 is 5.97 Å². The summed E-state index contributed by atoms with van der Waals surface area (Å²) >= 11 is 1.67. The fraction of sp³-hybridized carbons (Fsp3) is 0.286. The second kappa shape index (κ2) is 5.09. The third-order valence-electron chi connectivity index (χ3n) is 3.15. The quantitative estimate of drug-likeness (QED) is 0.624. The highest BCUT2D eigenvalue weighted by Gasteiger charge is 2.43. The van der Waals surface area contributed by atoms with Gasteiger partial charge in [-0.1, -0.05) is 30.3 Å². The first kappa shape index (κ1) is 12.3. The first-order chi connectivity index (χ1) is 9.25. The van der Waals surface area contributed by atoms with Crippen LogP contribution in [0.2, 0.25) is 0 Å². The number of β-lactam (4-membered cyclic amide) rings is 1. The summed E-state index contributed by atoms with van der Waals surface area (Å²) in [5.41, 5.74) is 1.34. The molecule has 0 unspecified atom stereocenters. The molecule has 98 valence electrons. The molecule has 5 heteroatoms. The minimum absolute atomic E-state index is 0.000103. The lowest BCUT2D eigenvalue weighted by atomic mass is 10.1. The van der Waals surface area contributed by atoms with Crippen LogP contribution in [0.4, 0.5) is 0 Å². The fourth-order valence-electron chi connectivity index (χ4n) is 2.13. The first-order valence-corrected chi connectivity index (χ1v) is 7.15. The number of benzene rings is 1. The highest BCUT2D eigenvalue weighted by Crippen LogP contribution is 2.37. The summed E-state index contributed by atoms with van der Waals surface area (Å²) in [7, 11) is 0. The molecule has 3 rings (SSSR count). The molecule has 0 N–H and O–H groups in total. The van der Waals surface area contributed by atoms with E-state index in [-0.39, 0.29) is 17.9 Å². The Morgan fingerprint density at radius 2 is 2.16 bits per heavy atom. The Bertz CT molecular complexity index is 541. The molecule has 0 radical (unpaired) electrons. The second-order valence-corrected chi connectivity index (χ2v) is 5.62. The maximum Gasteiger partial charge on any atom is 0.355 e. The van der Waals surface area contributed by atoms with Crippen LogP contribution < -0.4 is 0 Å². The molecule has 1 saturated heterocycles. The number of esters is 1. The number of ether oxygens (including phenoxy) is 1. The van der Waals surface area contributed by atoms with Crippen molar-refractivity contribution in [1.82, 2.24) is 4.90 Å². The zero-order valence-electron chi connectivity index (χ0n) is 10.2. The van der Waals surface area contributed by atoms with E-state index in [0.717, 1.165) is 11.3 Å². The lowest BCUT2D eigenvalue weighted by Crippen LogP contribution is -2.53. The van der Waals surface area contributed by atoms with E-state index in [4.69, 9.17) is 4.74 Å². The van der Waals surface area contributed by atoms with E-state index >= 15 is 0 Å². The lowest BCUT2D eigenvalue weighted by molar-refractivity contribution is -0.150. The van der Waals surface area contributed by atoms with Gasteiger partial charge in [-0.25, -0.2) is 4.79 Å². The Labute approximate surface area is 115 Å². The van der Waals surface area contributed by atoms with Gasteiger partial charge < -0.3 is 4.74 Å². The van der Waals surface area contributed by atoms with Crippen molar-refractivity contribution >= 4 is 23.6 Å². The van der Waals surface area contributed by atoms with Gasteiger partial charge in [-0.2, -0.15) is 0 Å². The van der Waals surface area contributed by atoms with Crippen LogP contribution in [-0.2, 0) is 20.9 Å². The smallest absolute Gasteiger partial charge is 0.355 e. The molecule has 19 heavy (non-hydrogen) atoms. The highest BCUT2D eigenvalue weighted by molar-refractivity contribution is 8.00. The summed E-state index contributed by atoms with van der Waals surface area (Å²) in [4.78, 5) is 25.1. The number of fused-ring (bicyclic) bond motifs is 1. The van der Waals surface area contributed by atoms with E-state index in [9.17, 15) is 9.59 Å².